The number of hydrogen-bond donors (Lipinski definition) is 2. The van der Waals surface area contributed by atoms with Crippen molar-refractivity contribution in [2.45, 2.75) is 25.3 Å². The van der Waals surface area contributed by atoms with Gasteiger partial charge in [0.1, 0.15) is 0 Å². The Bertz CT molecular complexity index is 717. The van der Waals surface area contributed by atoms with Crippen LogP contribution in [-0.4, -0.2) is 28.7 Å². The van der Waals surface area contributed by atoms with E-state index in [-0.39, 0.29) is 17.5 Å². The standard InChI is InChI=1S/C12H14N4O3S/c1-8-5-9(2)11(6-10(8)7-17)20(18,19)16-12-13-3-4-14-15-12/h3-6,17H,7H2,1-2H3,(H,13,15,16). The largest absolute Gasteiger partial charge is 0.392 e. The Balaban J connectivity index is 2.44. The van der Waals surface area contributed by atoms with Crippen molar-refractivity contribution in [2.75, 3.05) is 4.72 Å². The number of benzene rings is 1. The van der Waals surface area contributed by atoms with Gasteiger partial charge in [-0.1, -0.05) is 6.07 Å². The first-order chi connectivity index (χ1) is 9.44. The van der Waals surface area contributed by atoms with Crippen molar-refractivity contribution in [3.8, 4) is 0 Å². The summed E-state index contributed by atoms with van der Waals surface area (Å²) in [4.78, 5) is 3.85. The van der Waals surface area contributed by atoms with Crippen molar-refractivity contribution in [1.29, 1.82) is 0 Å². The second-order valence-corrected chi connectivity index (χ2v) is 5.92. The molecule has 0 aliphatic carbocycles. The molecule has 1 aromatic heterocycles. The predicted molar refractivity (Wildman–Crippen MR) is 72.5 cm³/mol. The Morgan fingerprint density at radius 1 is 1.20 bits per heavy atom. The van der Waals surface area contributed by atoms with Crippen LogP contribution >= 0.6 is 0 Å². The van der Waals surface area contributed by atoms with E-state index in [0.717, 1.165) is 5.56 Å². The van der Waals surface area contributed by atoms with Crippen LogP contribution in [0, 0.1) is 13.8 Å². The zero-order valence-corrected chi connectivity index (χ0v) is 11.8. The normalized spacial score (nSPS) is 11.3. The van der Waals surface area contributed by atoms with E-state index in [4.69, 9.17) is 0 Å². The second-order valence-electron chi connectivity index (χ2n) is 4.27. The molecule has 106 valence electrons. The van der Waals surface area contributed by atoms with Gasteiger partial charge in [-0.3, -0.25) is 0 Å². The van der Waals surface area contributed by atoms with Crippen LogP contribution in [0.4, 0.5) is 5.95 Å². The van der Waals surface area contributed by atoms with E-state index in [1.807, 2.05) is 6.92 Å². The first-order valence-electron chi connectivity index (χ1n) is 5.81. The van der Waals surface area contributed by atoms with E-state index < -0.39 is 10.0 Å². The predicted octanol–water partition coefficient (Wildman–Crippen LogP) is 0.782. The summed E-state index contributed by atoms with van der Waals surface area (Å²) < 4.78 is 26.9. The Labute approximate surface area is 116 Å². The van der Waals surface area contributed by atoms with Gasteiger partial charge in [-0.2, -0.15) is 5.10 Å². The molecule has 0 aliphatic heterocycles. The number of sulfonamides is 1. The number of aliphatic hydroxyl groups excluding tert-OH is 1. The minimum atomic E-state index is -3.82. The fourth-order valence-corrected chi connectivity index (χ4v) is 3.03. The first-order valence-corrected chi connectivity index (χ1v) is 7.30. The molecule has 1 heterocycles. The van der Waals surface area contributed by atoms with Gasteiger partial charge in [0, 0.05) is 0 Å². The molecule has 7 nitrogen and oxygen atoms in total. The minimum absolute atomic E-state index is 0.0830. The molecule has 20 heavy (non-hydrogen) atoms. The lowest BCUT2D eigenvalue weighted by atomic mass is 10.1. The van der Waals surface area contributed by atoms with E-state index in [0.29, 0.717) is 11.1 Å². The van der Waals surface area contributed by atoms with Gasteiger partial charge in [-0.05, 0) is 36.6 Å². The monoisotopic (exact) mass is 294 g/mol. The molecule has 0 fully saturated rings. The summed E-state index contributed by atoms with van der Waals surface area (Å²) in [5.74, 6) is -0.0991. The van der Waals surface area contributed by atoms with Gasteiger partial charge >= 0.3 is 0 Å². The SMILES string of the molecule is Cc1cc(C)c(S(=O)(=O)Nc2nccnn2)cc1CO. The van der Waals surface area contributed by atoms with Gasteiger partial charge < -0.3 is 5.11 Å². The lowest BCUT2D eigenvalue weighted by Crippen LogP contribution is -2.17. The number of anilines is 1. The molecule has 0 radical (unpaired) electrons. The highest BCUT2D eigenvalue weighted by molar-refractivity contribution is 7.92. The van der Waals surface area contributed by atoms with Crippen molar-refractivity contribution in [3.63, 3.8) is 0 Å². The lowest BCUT2D eigenvalue weighted by molar-refractivity contribution is 0.280. The third-order valence-electron chi connectivity index (χ3n) is 2.80. The summed E-state index contributed by atoms with van der Waals surface area (Å²) in [6.07, 6.45) is 2.69. The van der Waals surface area contributed by atoms with E-state index in [1.165, 1.54) is 18.5 Å². The second kappa shape index (κ2) is 5.51. The molecule has 0 aliphatic rings. The van der Waals surface area contributed by atoms with Crippen LogP contribution in [0.2, 0.25) is 0 Å². The smallest absolute Gasteiger partial charge is 0.264 e. The van der Waals surface area contributed by atoms with Crippen LogP contribution in [0.15, 0.2) is 29.4 Å². The average molecular weight is 294 g/mol. The molecule has 2 rings (SSSR count). The fraction of sp³-hybridized carbons (Fsp3) is 0.250. The summed E-state index contributed by atoms with van der Waals surface area (Å²) in [6, 6.07) is 3.16. The summed E-state index contributed by atoms with van der Waals surface area (Å²) >= 11 is 0. The molecule has 1 aromatic carbocycles. The van der Waals surface area contributed by atoms with Gasteiger partial charge in [0.15, 0.2) is 0 Å². The zero-order valence-electron chi connectivity index (χ0n) is 11.0. The van der Waals surface area contributed by atoms with Gasteiger partial charge in [0.2, 0.25) is 0 Å². The number of aromatic nitrogens is 3. The topological polar surface area (TPSA) is 105 Å². The minimum Gasteiger partial charge on any atom is -0.392 e. The average Bonchev–Trinajstić information content (AvgIpc) is 2.39. The third-order valence-corrected chi connectivity index (χ3v) is 4.27. The number of nitrogens with zero attached hydrogens (tertiary/aromatic N) is 3. The molecule has 0 atom stereocenters. The number of hydrogen-bond acceptors (Lipinski definition) is 6. The van der Waals surface area contributed by atoms with E-state index in [9.17, 15) is 13.5 Å². The molecule has 0 bridgehead atoms. The maximum Gasteiger partial charge on any atom is 0.264 e. The Hall–Kier alpha value is -2.06. The summed E-state index contributed by atoms with van der Waals surface area (Å²) in [6.45, 7) is 3.28. The number of aliphatic hydroxyl groups is 1. The highest BCUT2D eigenvalue weighted by atomic mass is 32.2. The van der Waals surface area contributed by atoms with Gasteiger partial charge in [0.25, 0.3) is 16.0 Å². The number of aryl methyl sites for hydroxylation is 2. The maximum atomic E-state index is 12.3. The van der Waals surface area contributed by atoms with Crippen molar-refractivity contribution >= 4 is 16.0 Å². The summed E-state index contributed by atoms with van der Waals surface area (Å²) in [5.41, 5.74) is 1.97. The Morgan fingerprint density at radius 2 is 1.95 bits per heavy atom. The summed E-state index contributed by atoms with van der Waals surface area (Å²) in [7, 11) is -3.82. The van der Waals surface area contributed by atoms with Crippen LogP contribution in [0.25, 0.3) is 0 Å². The van der Waals surface area contributed by atoms with Crippen LogP contribution in [0.5, 0.6) is 0 Å². The van der Waals surface area contributed by atoms with Crippen LogP contribution in [-0.2, 0) is 16.6 Å². The molecule has 0 unspecified atom stereocenters. The molecular weight excluding hydrogens is 280 g/mol. The van der Waals surface area contributed by atoms with E-state index in [1.54, 1.807) is 13.0 Å². The van der Waals surface area contributed by atoms with Crippen LogP contribution in [0.3, 0.4) is 0 Å². The lowest BCUT2D eigenvalue weighted by Gasteiger charge is -2.12. The molecule has 0 amide bonds. The quantitative estimate of drug-likeness (QED) is 0.863. The van der Waals surface area contributed by atoms with Gasteiger partial charge in [0.05, 0.1) is 23.9 Å². The van der Waals surface area contributed by atoms with Gasteiger partial charge in [-0.15, -0.1) is 5.10 Å². The molecule has 0 saturated heterocycles. The highest BCUT2D eigenvalue weighted by Gasteiger charge is 2.19. The molecule has 0 saturated carbocycles. The molecule has 2 aromatic rings. The van der Waals surface area contributed by atoms with Crippen LogP contribution < -0.4 is 4.72 Å². The first kappa shape index (κ1) is 14.4. The molecule has 8 heteroatoms. The van der Waals surface area contributed by atoms with Crippen molar-refractivity contribution < 1.29 is 13.5 Å². The van der Waals surface area contributed by atoms with Crippen molar-refractivity contribution in [1.82, 2.24) is 15.2 Å². The third kappa shape index (κ3) is 2.91. The van der Waals surface area contributed by atoms with Crippen molar-refractivity contribution in [3.05, 3.63) is 41.2 Å². The molecular formula is C12H14N4O3S. The van der Waals surface area contributed by atoms with Gasteiger partial charge in [-0.25, -0.2) is 18.1 Å². The highest BCUT2D eigenvalue weighted by Crippen LogP contribution is 2.22. The van der Waals surface area contributed by atoms with E-state index >= 15 is 0 Å². The summed E-state index contributed by atoms with van der Waals surface area (Å²) in [5, 5.41) is 16.4. The van der Waals surface area contributed by atoms with E-state index in [2.05, 4.69) is 19.9 Å². The molecule has 0 spiro atoms. The number of nitrogens with one attached hydrogen (secondary N) is 1. The Kier molecular flexibility index (Phi) is 3.96. The zero-order chi connectivity index (χ0) is 14.8. The maximum absolute atomic E-state index is 12.3. The fourth-order valence-electron chi connectivity index (χ4n) is 1.80. The van der Waals surface area contributed by atoms with Crippen LogP contribution in [0.1, 0.15) is 16.7 Å². The Morgan fingerprint density at radius 3 is 2.55 bits per heavy atom. The molecule has 2 N–H and O–H groups in total. The van der Waals surface area contributed by atoms with Crippen molar-refractivity contribution in [2.24, 2.45) is 0 Å². The number of rotatable bonds is 4.